The Morgan fingerprint density at radius 3 is 2.39 bits per heavy atom. The molecule has 0 atom stereocenters. The summed E-state index contributed by atoms with van der Waals surface area (Å²) in [6, 6.07) is 12.3. The van der Waals surface area contributed by atoms with Crippen LogP contribution < -0.4 is 14.8 Å². The molecule has 0 aliphatic rings. The third kappa shape index (κ3) is 3.78. The van der Waals surface area contributed by atoms with Gasteiger partial charge in [0.25, 0.3) is 5.91 Å². The molecule has 0 spiro atoms. The Morgan fingerprint density at radius 1 is 1.07 bits per heavy atom. The molecule has 0 unspecified atom stereocenters. The van der Waals surface area contributed by atoms with Gasteiger partial charge in [-0.15, -0.1) is 0 Å². The lowest BCUT2D eigenvalue weighted by atomic mass is 10.2. The number of hydrogen-bond acceptors (Lipinski definition) is 4. The number of aromatic nitrogens is 2. The summed E-state index contributed by atoms with van der Waals surface area (Å²) >= 11 is 0. The minimum Gasteiger partial charge on any atom is -0.497 e. The molecular formula is C19H16F3N3O3. The molecule has 1 amide bonds. The summed E-state index contributed by atoms with van der Waals surface area (Å²) in [5, 5.41) is 6.20. The lowest BCUT2D eigenvalue weighted by Gasteiger charge is -2.14. The fraction of sp³-hybridized carbons (Fsp3) is 0.158. The van der Waals surface area contributed by atoms with Gasteiger partial charge in [-0.05, 0) is 24.3 Å². The van der Waals surface area contributed by atoms with E-state index in [1.165, 1.54) is 38.5 Å². The molecule has 3 aromatic rings. The fourth-order valence-electron chi connectivity index (χ4n) is 2.64. The molecule has 6 nitrogen and oxygen atoms in total. The van der Waals surface area contributed by atoms with E-state index < -0.39 is 23.3 Å². The predicted molar refractivity (Wildman–Crippen MR) is 96.1 cm³/mol. The van der Waals surface area contributed by atoms with Crippen molar-refractivity contribution in [3.8, 4) is 17.2 Å². The molecular weight excluding hydrogens is 375 g/mol. The van der Waals surface area contributed by atoms with Gasteiger partial charge >= 0.3 is 6.18 Å². The normalized spacial score (nSPS) is 11.2. The lowest BCUT2D eigenvalue weighted by Crippen LogP contribution is -2.21. The third-order valence-electron chi connectivity index (χ3n) is 3.94. The second kappa shape index (κ2) is 7.63. The lowest BCUT2D eigenvalue weighted by molar-refractivity contribution is -0.143. The van der Waals surface area contributed by atoms with Gasteiger partial charge in [-0.3, -0.25) is 4.79 Å². The van der Waals surface area contributed by atoms with E-state index in [0.29, 0.717) is 10.4 Å². The summed E-state index contributed by atoms with van der Waals surface area (Å²) in [5.74, 6) is -0.239. The first kappa shape index (κ1) is 19.3. The molecule has 1 heterocycles. The second-order valence-corrected chi connectivity index (χ2v) is 5.67. The Labute approximate surface area is 158 Å². The highest BCUT2D eigenvalue weighted by atomic mass is 19.4. The summed E-state index contributed by atoms with van der Waals surface area (Å²) in [6.07, 6.45) is -3.90. The van der Waals surface area contributed by atoms with Crippen LogP contribution in [0.5, 0.6) is 11.5 Å². The molecule has 0 bridgehead atoms. The van der Waals surface area contributed by atoms with Crippen LogP contribution in [-0.4, -0.2) is 29.9 Å². The summed E-state index contributed by atoms with van der Waals surface area (Å²) in [5.41, 5.74) is -1.37. The minimum atomic E-state index is -4.79. The zero-order valence-corrected chi connectivity index (χ0v) is 14.9. The Morgan fingerprint density at radius 2 is 1.79 bits per heavy atom. The fourth-order valence-corrected chi connectivity index (χ4v) is 2.64. The zero-order chi connectivity index (χ0) is 20.3. The van der Waals surface area contributed by atoms with Crippen molar-refractivity contribution in [3.05, 3.63) is 66.0 Å². The van der Waals surface area contributed by atoms with Crippen molar-refractivity contribution >= 4 is 11.6 Å². The van der Waals surface area contributed by atoms with Crippen molar-refractivity contribution in [1.29, 1.82) is 0 Å². The van der Waals surface area contributed by atoms with Crippen molar-refractivity contribution < 1.29 is 27.4 Å². The number of rotatable bonds is 5. The van der Waals surface area contributed by atoms with Gasteiger partial charge in [-0.25, -0.2) is 4.68 Å². The Kier molecular flexibility index (Phi) is 5.25. The highest BCUT2D eigenvalue weighted by molar-refractivity contribution is 6.06. The van der Waals surface area contributed by atoms with E-state index in [-0.39, 0.29) is 17.1 Å². The van der Waals surface area contributed by atoms with Crippen LogP contribution in [0.25, 0.3) is 5.69 Å². The molecule has 0 aliphatic carbocycles. The van der Waals surface area contributed by atoms with E-state index in [1.807, 2.05) is 0 Å². The standard InChI is InChI=1S/C19H16F3N3O3/c1-27-13-8-9-15(16(10-13)28-2)24-18(26)14-11-23-25(17(14)19(20,21)22)12-6-4-3-5-7-12/h3-11H,1-2H3,(H,24,26). The van der Waals surface area contributed by atoms with Gasteiger partial charge in [0, 0.05) is 6.07 Å². The maximum atomic E-state index is 13.7. The number of hydrogen-bond donors (Lipinski definition) is 1. The van der Waals surface area contributed by atoms with Crippen LogP contribution in [0.1, 0.15) is 16.1 Å². The molecule has 1 aromatic heterocycles. The smallest absolute Gasteiger partial charge is 0.434 e. The number of anilines is 1. The molecule has 0 saturated heterocycles. The summed E-state index contributed by atoms with van der Waals surface area (Å²) in [7, 11) is 2.83. The number of nitrogens with one attached hydrogen (secondary N) is 1. The number of benzene rings is 2. The predicted octanol–water partition coefficient (Wildman–Crippen LogP) is 4.16. The van der Waals surface area contributed by atoms with Gasteiger partial charge in [-0.1, -0.05) is 18.2 Å². The number of ether oxygens (including phenoxy) is 2. The SMILES string of the molecule is COc1ccc(NC(=O)c2cnn(-c3ccccc3)c2C(F)(F)F)c(OC)c1. The topological polar surface area (TPSA) is 65.4 Å². The van der Waals surface area contributed by atoms with Gasteiger partial charge in [-0.2, -0.15) is 18.3 Å². The molecule has 28 heavy (non-hydrogen) atoms. The van der Waals surface area contributed by atoms with E-state index in [1.54, 1.807) is 24.3 Å². The van der Waals surface area contributed by atoms with Crippen LogP contribution in [0.3, 0.4) is 0 Å². The Bertz CT molecular complexity index is 985. The number of amides is 1. The summed E-state index contributed by atoms with van der Waals surface area (Å²) < 4.78 is 52.0. The van der Waals surface area contributed by atoms with Crippen LogP contribution in [0.15, 0.2) is 54.7 Å². The van der Waals surface area contributed by atoms with Crippen LogP contribution in [0, 0.1) is 0 Å². The zero-order valence-electron chi connectivity index (χ0n) is 14.9. The summed E-state index contributed by atoms with van der Waals surface area (Å²) in [6.45, 7) is 0. The average molecular weight is 391 g/mol. The van der Waals surface area contributed by atoms with E-state index >= 15 is 0 Å². The largest absolute Gasteiger partial charge is 0.497 e. The molecule has 0 aliphatic heterocycles. The highest BCUT2D eigenvalue weighted by Gasteiger charge is 2.40. The van der Waals surface area contributed by atoms with Crippen molar-refractivity contribution in [2.75, 3.05) is 19.5 Å². The molecule has 146 valence electrons. The van der Waals surface area contributed by atoms with Gasteiger partial charge in [0.05, 0.1) is 37.4 Å². The maximum absolute atomic E-state index is 13.7. The Balaban J connectivity index is 2.00. The maximum Gasteiger partial charge on any atom is 0.434 e. The number of para-hydroxylation sites is 1. The van der Waals surface area contributed by atoms with E-state index in [4.69, 9.17) is 9.47 Å². The van der Waals surface area contributed by atoms with Crippen LogP contribution in [0.2, 0.25) is 0 Å². The molecule has 0 saturated carbocycles. The van der Waals surface area contributed by atoms with Gasteiger partial charge in [0.15, 0.2) is 5.69 Å². The van der Waals surface area contributed by atoms with Crippen LogP contribution in [0.4, 0.5) is 18.9 Å². The van der Waals surface area contributed by atoms with Gasteiger partial charge in [0.2, 0.25) is 0 Å². The number of nitrogens with zero attached hydrogens (tertiary/aromatic N) is 2. The quantitative estimate of drug-likeness (QED) is 0.709. The molecule has 9 heteroatoms. The minimum absolute atomic E-state index is 0.191. The number of carbonyl (C=O) groups excluding carboxylic acids is 1. The molecule has 0 fully saturated rings. The van der Waals surface area contributed by atoms with Crippen molar-refractivity contribution in [2.45, 2.75) is 6.18 Å². The van der Waals surface area contributed by atoms with Crippen molar-refractivity contribution in [3.63, 3.8) is 0 Å². The molecule has 0 radical (unpaired) electrons. The molecule has 3 rings (SSSR count). The van der Waals surface area contributed by atoms with Gasteiger partial charge in [0.1, 0.15) is 11.5 Å². The monoisotopic (exact) mass is 391 g/mol. The molecule has 2 aromatic carbocycles. The first-order valence-electron chi connectivity index (χ1n) is 8.09. The van der Waals surface area contributed by atoms with Gasteiger partial charge < -0.3 is 14.8 Å². The van der Waals surface area contributed by atoms with E-state index in [0.717, 1.165) is 6.20 Å². The van der Waals surface area contributed by atoms with E-state index in [9.17, 15) is 18.0 Å². The number of halogens is 3. The van der Waals surface area contributed by atoms with Crippen molar-refractivity contribution in [1.82, 2.24) is 9.78 Å². The second-order valence-electron chi connectivity index (χ2n) is 5.67. The molecule has 1 N–H and O–H groups in total. The van der Waals surface area contributed by atoms with Crippen LogP contribution >= 0.6 is 0 Å². The summed E-state index contributed by atoms with van der Waals surface area (Å²) in [4.78, 5) is 12.6. The average Bonchev–Trinajstić information content (AvgIpc) is 3.15. The number of alkyl halides is 3. The first-order chi connectivity index (χ1) is 13.3. The number of methoxy groups -OCH3 is 2. The van der Waals surface area contributed by atoms with Crippen LogP contribution in [-0.2, 0) is 6.18 Å². The Hall–Kier alpha value is -3.49. The highest BCUT2D eigenvalue weighted by Crippen LogP contribution is 2.35. The first-order valence-corrected chi connectivity index (χ1v) is 8.09. The van der Waals surface area contributed by atoms with Crippen molar-refractivity contribution in [2.24, 2.45) is 0 Å². The van der Waals surface area contributed by atoms with E-state index in [2.05, 4.69) is 10.4 Å². The third-order valence-corrected chi connectivity index (χ3v) is 3.94. The number of carbonyl (C=O) groups is 1.